The van der Waals surface area contributed by atoms with Crippen molar-refractivity contribution in [1.29, 1.82) is 0 Å². The summed E-state index contributed by atoms with van der Waals surface area (Å²) in [6, 6.07) is 9.89. The van der Waals surface area contributed by atoms with Crippen LogP contribution < -0.4 is 10.1 Å². The molecule has 5 nitrogen and oxygen atoms in total. The minimum absolute atomic E-state index is 0.149. The van der Waals surface area contributed by atoms with Gasteiger partial charge in [-0.15, -0.1) is 0 Å². The van der Waals surface area contributed by atoms with Crippen LogP contribution in [-0.2, 0) is 11.3 Å². The lowest BCUT2D eigenvalue weighted by Gasteiger charge is -2.27. The Balaban J connectivity index is 1.84. The maximum atomic E-state index is 6.03. The van der Waals surface area contributed by atoms with Gasteiger partial charge in [0, 0.05) is 25.2 Å². The first-order chi connectivity index (χ1) is 10.3. The van der Waals surface area contributed by atoms with E-state index in [1.165, 1.54) is 0 Å². The molecule has 0 radical (unpaired) electrons. The van der Waals surface area contributed by atoms with Crippen LogP contribution in [0.3, 0.4) is 0 Å². The molecule has 21 heavy (non-hydrogen) atoms. The summed E-state index contributed by atoms with van der Waals surface area (Å²) in [5.41, 5.74) is 1.13. The largest absolute Gasteiger partial charge is 0.493 e. The lowest BCUT2D eigenvalue weighted by Crippen LogP contribution is -2.21. The van der Waals surface area contributed by atoms with Crippen molar-refractivity contribution < 1.29 is 9.47 Å². The number of hydrogen-bond donors (Lipinski definition) is 1. The van der Waals surface area contributed by atoms with Gasteiger partial charge in [0.2, 0.25) is 0 Å². The Morgan fingerprint density at radius 2 is 2.24 bits per heavy atom. The molecule has 0 bridgehead atoms. The molecule has 6 heteroatoms. The second kappa shape index (κ2) is 6.28. The Morgan fingerprint density at radius 1 is 1.38 bits per heavy atom. The molecule has 1 unspecified atom stereocenters. The molecule has 1 aliphatic heterocycles. The van der Waals surface area contributed by atoms with Crippen LogP contribution >= 0.6 is 11.6 Å². The summed E-state index contributed by atoms with van der Waals surface area (Å²) in [6.07, 6.45) is 0.873. The molecule has 0 saturated heterocycles. The van der Waals surface area contributed by atoms with Crippen molar-refractivity contribution in [3.8, 4) is 5.75 Å². The quantitative estimate of drug-likeness (QED) is 0.879. The van der Waals surface area contributed by atoms with Crippen molar-refractivity contribution in [2.45, 2.75) is 19.1 Å². The summed E-state index contributed by atoms with van der Waals surface area (Å²) in [5.74, 6) is 2.18. The van der Waals surface area contributed by atoms with Crippen molar-refractivity contribution in [3.63, 3.8) is 0 Å². The van der Waals surface area contributed by atoms with E-state index in [1.807, 2.05) is 18.2 Å². The Labute approximate surface area is 128 Å². The van der Waals surface area contributed by atoms with Gasteiger partial charge < -0.3 is 14.8 Å². The van der Waals surface area contributed by atoms with E-state index in [1.54, 1.807) is 13.2 Å². The predicted octanol–water partition coefficient (Wildman–Crippen LogP) is 3.21. The van der Waals surface area contributed by atoms with Crippen molar-refractivity contribution in [2.24, 2.45) is 0 Å². The lowest BCUT2D eigenvalue weighted by atomic mass is 10.0. The topological polar surface area (TPSA) is 56.3 Å². The van der Waals surface area contributed by atoms with Gasteiger partial charge in [0.15, 0.2) is 5.82 Å². The van der Waals surface area contributed by atoms with E-state index in [-0.39, 0.29) is 6.04 Å². The average molecular weight is 306 g/mol. The molecule has 0 fully saturated rings. The molecular weight excluding hydrogens is 290 g/mol. The van der Waals surface area contributed by atoms with Gasteiger partial charge in [-0.2, -0.15) is 0 Å². The third kappa shape index (κ3) is 3.25. The zero-order valence-corrected chi connectivity index (χ0v) is 12.4. The summed E-state index contributed by atoms with van der Waals surface area (Å²) in [4.78, 5) is 8.54. The average Bonchev–Trinajstić information content (AvgIpc) is 2.47. The molecule has 0 aliphatic carbocycles. The molecule has 1 N–H and O–H groups in total. The highest BCUT2D eigenvalue weighted by Gasteiger charge is 2.21. The number of ether oxygens (including phenoxy) is 2. The molecule has 1 aliphatic rings. The SMILES string of the molecule is COCc1nc(Cl)cc(NC2CCOc3ccccc32)n1. The minimum atomic E-state index is 0.149. The van der Waals surface area contributed by atoms with Crippen molar-refractivity contribution in [1.82, 2.24) is 9.97 Å². The monoisotopic (exact) mass is 305 g/mol. The standard InChI is InChI=1S/C15H16ClN3O2/c1-20-9-15-18-13(16)8-14(19-15)17-11-6-7-21-12-5-3-2-4-10(11)12/h2-5,8,11H,6-7,9H2,1H3,(H,17,18,19). The van der Waals surface area contributed by atoms with E-state index in [4.69, 9.17) is 21.1 Å². The van der Waals surface area contributed by atoms with Crippen molar-refractivity contribution in [2.75, 3.05) is 19.0 Å². The zero-order valence-electron chi connectivity index (χ0n) is 11.7. The van der Waals surface area contributed by atoms with Crippen molar-refractivity contribution >= 4 is 17.4 Å². The third-order valence-corrected chi connectivity index (χ3v) is 3.49. The number of benzene rings is 1. The van der Waals surface area contributed by atoms with Crippen LogP contribution in [0.25, 0.3) is 0 Å². The summed E-state index contributed by atoms with van der Waals surface area (Å²) in [7, 11) is 1.60. The first-order valence-corrected chi connectivity index (χ1v) is 7.14. The molecule has 2 heterocycles. The van der Waals surface area contributed by atoms with Gasteiger partial charge in [0.1, 0.15) is 23.3 Å². The predicted molar refractivity (Wildman–Crippen MR) is 80.7 cm³/mol. The summed E-state index contributed by atoms with van der Waals surface area (Å²) >= 11 is 6.03. The number of nitrogens with one attached hydrogen (secondary N) is 1. The van der Waals surface area contributed by atoms with E-state index in [0.717, 1.165) is 17.7 Å². The van der Waals surface area contributed by atoms with Gasteiger partial charge in [-0.1, -0.05) is 29.8 Å². The molecule has 2 aromatic rings. The number of aromatic nitrogens is 2. The molecule has 3 rings (SSSR count). The van der Waals surface area contributed by atoms with Crippen molar-refractivity contribution in [3.05, 3.63) is 46.9 Å². The number of halogens is 1. The Kier molecular flexibility index (Phi) is 4.22. The first-order valence-electron chi connectivity index (χ1n) is 6.77. The van der Waals surface area contributed by atoms with Gasteiger partial charge in [-0.3, -0.25) is 0 Å². The second-order valence-corrected chi connectivity index (χ2v) is 5.18. The maximum absolute atomic E-state index is 6.03. The summed E-state index contributed by atoms with van der Waals surface area (Å²) in [5, 5.41) is 3.81. The number of para-hydroxylation sites is 1. The maximum Gasteiger partial charge on any atom is 0.158 e. The molecule has 1 aromatic carbocycles. The minimum Gasteiger partial charge on any atom is -0.493 e. The van der Waals surface area contributed by atoms with Gasteiger partial charge in [-0.25, -0.2) is 9.97 Å². The third-order valence-electron chi connectivity index (χ3n) is 3.30. The fourth-order valence-electron chi connectivity index (χ4n) is 2.40. The van der Waals surface area contributed by atoms with Gasteiger partial charge in [-0.05, 0) is 6.07 Å². The van der Waals surface area contributed by atoms with Gasteiger partial charge in [0.25, 0.3) is 0 Å². The normalized spacial score (nSPS) is 17.0. The molecule has 0 amide bonds. The van der Waals surface area contributed by atoms with E-state index in [9.17, 15) is 0 Å². The van der Waals surface area contributed by atoms with Crippen LogP contribution in [-0.4, -0.2) is 23.7 Å². The van der Waals surface area contributed by atoms with E-state index in [2.05, 4.69) is 21.4 Å². The fourth-order valence-corrected chi connectivity index (χ4v) is 2.60. The number of nitrogens with zero attached hydrogens (tertiary/aromatic N) is 2. The second-order valence-electron chi connectivity index (χ2n) is 4.80. The van der Waals surface area contributed by atoms with Crippen LogP contribution in [0.4, 0.5) is 5.82 Å². The molecule has 0 spiro atoms. The molecule has 0 saturated carbocycles. The molecule has 1 aromatic heterocycles. The smallest absolute Gasteiger partial charge is 0.158 e. The van der Waals surface area contributed by atoms with Gasteiger partial charge >= 0.3 is 0 Å². The number of fused-ring (bicyclic) bond motifs is 1. The highest BCUT2D eigenvalue weighted by molar-refractivity contribution is 6.29. The summed E-state index contributed by atoms with van der Waals surface area (Å²) in [6.45, 7) is 1.01. The fraction of sp³-hybridized carbons (Fsp3) is 0.333. The Morgan fingerprint density at radius 3 is 3.10 bits per heavy atom. The highest BCUT2D eigenvalue weighted by atomic mass is 35.5. The molecule has 110 valence electrons. The lowest BCUT2D eigenvalue weighted by molar-refractivity contribution is 0.178. The summed E-state index contributed by atoms with van der Waals surface area (Å²) < 4.78 is 10.7. The van der Waals surface area contributed by atoms with Crippen LogP contribution in [0.1, 0.15) is 23.9 Å². The zero-order chi connectivity index (χ0) is 14.7. The van der Waals surface area contributed by atoms with E-state index in [0.29, 0.717) is 30.0 Å². The molecule has 1 atom stereocenters. The van der Waals surface area contributed by atoms with Gasteiger partial charge in [0.05, 0.1) is 12.6 Å². The van der Waals surface area contributed by atoms with E-state index >= 15 is 0 Å². The van der Waals surface area contributed by atoms with Crippen LogP contribution in [0, 0.1) is 0 Å². The number of hydrogen-bond acceptors (Lipinski definition) is 5. The highest BCUT2D eigenvalue weighted by Crippen LogP contribution is 2.33. The van der Waals surface area contributed by atoms with Crippen LogP contribution in [0.2, 0.25) is 5.15 Å². The van der Waals surface area contributed by atoms with Crippen LogP contribution in [0.15, 0.2) is 30.3 Å². The molecular formula is C15H16ClN3O2. The number of anilines is 1. The number of rotatable bonds is 4. The Bertz CT molecular complexity index is 636. The first kappa shape index (κ1) is 14.1. The van der Waals surface area contributed by atoms with E-state index < -0.39 is 0 Å². The van der Waals surface area contributed by atoms with Crippen LogP contribution in [0.5, 0.6) is 5.75 Å². The Hall–Kier alpha value is -1.85. The number of methoxy groups -OCH3 is 1.